The van der Waals surface area contributed by atoms with Gasteiger partial charge in [0.25, 0.3) is 5.91 Å². The minimum Gasteiger partial charge on any atom is -0.494 e. The van der Waals surface area contributed by atoms with Gasteiger partial charge in [0.2, 0.25) is 0 Å². The third-order valence-corrected chi connectivity index (χ3v) is 5.12. The molecule has 0 aliphatic carbocycles. The van der Waals surface area contributed by atoms with Gasteiger partial charge in [0, 0.05) is 22.6 Å². The topological polar surface area (TPSA) is 80.6 Å². The van der Waals surface area contributed by atoms with E-state index in [1.165, 1.54) is 0 Å². The molecule has 1 aliphatic heterocycles. The quantitative estimate of drug-likeness (QED) is 0.547. The van der Waals surface area contributed by atoms with Crippen molar-refractivity contribution in [2.45, 2.75) is 46.6 Å². The molecule has 29 heavy (non-hydrogen) atoms. The van der Waals surface area contributed by atoms with Crippen LogP contribution >= 0.6 is 0 Å². The molecule has 3 amide bonds. The van der Waals surface area contributed by atoms with Gasteiger partial charge in [-0.05, 0) is 57.5 Å². The summed E-state index contributed by atoms with van der Waals surface area (Å²) in [6, 6.07) is 8.42. The highest BCUT2D eigenvalue weighted by atomic mass is 16.5. The molecule has 1 saturated heterocycles. The number of aromatic nitrogens is 1. The van der Waals surface area contributed by atoms with Crippen molar-refractivity contribution in [3.63, 3.8) is 0 Å². The summed E-state index contributed by atoms with van der Waals surface area (Å²) in [5, 5.41) is 2.65. The Bertz CT molecular complexity index is 930. The van der Waals surface area contributed by atoms with Gasteiger partial charge in [0.15, 0.2) is 5.78 Å². The Morgan fingerprint density at radius 1 is 1.14 bits per heavy atom. The van der Waals surface area contributed by atoms with E-state index in [0.29, 0.717) is 18.6 Å². The smallest absolute Gasteiger partial charge is 0.325 e. The van der Waals surface area contributed by atoms with Crippen LogP contribution in [0.2, 0.25) is 0 Å². The van der Waals surface area contributed by atoms with Crippen molar-refractivity contribution in [3.05, 3.63) is 47.3 Å². The van der Waals surface area contributed by atoms with Gasteiger partial charge >= 0.3 is 6.03 Å². The van der Waals surface area contributed by atoms with Crippen molar-refractivity contribution < 1.29 is 19.1 Å². The van der Waals surface area contributed by atoms with Crippen molar-refractivity contribution in [1.29, 1.82) is 0 Å². The van der Waals surface area contributed by atoms with Crippen LogP contribution < -0.4 is 10.1 Å². The lowest BCUT2D eigenvalue weighted by Crippen LogP contribution is -2.36. The SMILES string of the molecule is CCCC1NC(=O)N(CC(=O)c2cc(C)n(-c3ccc(OCC)cc3)c2C)C1=O. The molecule has 7 heteroatoms. The predicted molar refractivity (Wildman–Crippen MR) is 110 cm³/mol. The van der Waals surface area contributed by atoms with Crippen LogP contribution in [0.15, 0.2) is 30.3 Å². The molecule has 1 aromatic heterocycles. The Balaban J connectivity index is 1.81. The second kappa shape index (κ2) is 8.51. The van der Waals surface area contributed by atoms with Gasteiger partial charge in [-0.15, -0.1) is 0 Å². The molecule has 0 bridgehead atoms. The average molecular weight is 397 g/mol. The lowest BCUT2D eigenvalue weighted by atomic mass is 10.1. The molecule has 0 spiro atoms. The van der Waals surface area contributed by atoms with Gasteiger partial charge in [0.1, 0.15) is 11.8 Å². The summed E-state index contributed by atoms with van der Waals surface area (Å²) in [5.41, 5.74) is 3.10. The van der Waals surface area contributed by atoms with Gasteiger partial charge in [-0.2, -0.15) is 0 Å². The highest BCUT2D eigenvalue weighted by molar-refractivity contribution is 6.09. The highest BCUT2D eigenvalue weighted by Crippen LogP contribution is 2.24. The fraction of sp³-hybridized carbons (Fsp3) is 0.409. The summed E-state index contributed by atoms with van der Waals surface area (Å²) in [5.74, 6) is 0.205. The molecule has 1 aliphatic rings. The van der Waals surface area contributed by atoms with E-state index in [1.54, 1.807) is 6.07 Å². The number of ketones is 1. The first-order valence-corrected chi connectivity index (χ1v) is 9.94. The molecule has 154 valence electrons. The fourth-order valence-electron chi connectivity index (χ4n) is 3.74. The second-order valence-corrected chi connectivity index (χ2v) is 7.19. The van der Waals surface area contributed by atoms with Crippen molar-refractivity contribution in [2.24, 2.45) is 0 Å². The van der Waals surface area contributed by atoms with E-state index in [4.69, 9.17) is 4.74 Å². The summed E-state index contributed by atoms with van der Waals surface area (Å²) >= 11 is 0. The molecule has 1 unspecified atom stereocenters. The van der Waals surface area contributed by atoms with Gasteiger partial charge in [-0.1, -0.05) is 13.3 Å². The lowest BCUT2D eigenvalue weighted by Gasteiger charge is -2.13. The van der Waals surface area contributed by atoms with Crippen molar-refractivity contribution in [2.75, 3.05) is 13.2 Å². The van der Waals surface area contributed by atoms with E-state index in [9.17, 15) is 14.4 Å². The number of benzene rings is 1. The van der Waals surface area contributed by atoms with E-state index in [2.05, 4.69) is 5.32 Å². The molecule has 1 N–H and O–H groups in total. The number of Topliss-reactive ketones (excluding diaryl/α,β-unsaturated/α-hetero) is 1. The number of hydrogen-bond acceptors (Lipinski definition) is 4. The number of nitrogens with one attached hydrogen (secondary N) is 1. The third kappa shape index (κ3) is 4.04. The van der Waals surface area contributed by atoms with Crippen LogP contribution in [0.1, 0.15) is 48.4 Å². The Labute approximate surface area is 170 Å². The Morgan fingerprint density at radius 2 is 1.83 bits per heavy atom. The maximum Gasteiger partial charge on any atom is 0.325 e. The lowest BCUT2D eigenvalue weighted by molar-refractivity contribution is -0.127. The monoisotopic (exact) mass is 397 g/mol. The zero-order valence-corrected chi connectivity index (χ0v) is 17.3. The minimum absolute atomic E-state index is 0.252. The number of carbonyl (C=O) groups excluding carboxylic acids is 3. The van der Waals surface area contributed by atoms with Crippen LogP contribution in [0.3, 0.4) is 0 Å². The molecule has 2 aromatic rings. The normalized spacial score (nSPS) is 16.3. The van der Waals surface area contributed by atoms with Gasteiger partial charge in [-0.25, -0.2) is 4.79 Å². The van der Waals surface area contributed by atoms with E-state index >= 15 is 0 Å². The van der Waals surface area contributed by atoms with Crippen molar-refractivity contribution in [3.8, 4) is 11.4 Å². The number of imide groups is 1. The summed E-state index contributed by atoms with van der Waals surface area (Å²) in [4.78, 5) is 38.5. The zero-order valence-electron chi connectivity index (χ0n) is 17.3. The summed E-state index contributed by atoms with van der Waals surface area (Å²) < 4.78 is 7.46. The first-order chi connectivity index (χ1) is 13.9. The number of aryl methyl sites for hydroxylation is 1. The maximum atomic E-state index is 12.9. The van der Waals surface area contributed by atoms with E-state index in [1.807, 2.05) is 56.5 Å². The second-order valence-electron chi connectivity index (χ2n) is 7.19. The summed E-state index contributed by atoms with van der Waals surface area (Å²) in [6.07, 6.45) is 1.35. The number of urea groups is 1. The molecule has 3 rings (SSSR count). The van der Waals surface area contributed by atoms with Gasteiger partial charge in [-0.3, -0.25) is 14.5 Å². The first kappa shape index (κ1) is 20.6. The highest BCUT2D eigenvalue weighted by Gasteiger charge is 2.38. The number of hydrogen-bond donors (Lipinski definition) is 1. The van der Waals surface area contributed by atoms with Gasteiger partial charge in [0.05, 0.1) is 13.2 Å². The van der Waals surface area contributed by atoms with Crippen LogP contribution in [0, 0.1) is 13.8 Å². The largest absolute Gasteiger partial charge is 0.494 e. The zero-order chi connectivity index (χ0) is 21.1. The Hall–Kier alpha value is -3.09. The molecular weight excluding hydrogens is 370 g/mol. The molecule has 0 saturated carbocycles. The molecule has 1 aromatic carbocycles. The fourth-order valence-corrected chi connectivity index (χ4v) is 3.74. The van der Waals surface area contributed by atoms with Crippen LogP contribution in [-0.4, -0.2) is 46.4 Å². The van der Waals surface area contributed by atoms with Crippen molar-refractivity contribution in [1.82, 2.24) is 14.8 Å². The first-order valence-electron chi connectivity index (χ1n) is 9.94. The summed E-state index contributed by atoms with van der Waals surface area (Å²) in [6.45, 7) is 8.01. The molecule has 0 radical (unpaired) electrons. The maximum absolute atomic E-state index is 12.9. The number of rotatable bonds is 8. The Kier molecular flexibility index (Phi) is 6.06. The van der Waals surface area contributed by atoms with E-state index in [-0.39, 0.29) is 18.2 Å². The molecule has 1 atom stereocenters. The van der Waals surface area contributed by atoms with Crippen LogP contribution in [0.4, 0.5) is 4.79 Å². The summed E-state index contributed by atoms with van der Waals surface area (Å²) in [7, 11) is 0. The molecule has 7 nitrogen and oxygen atoms in total. The number of amides is 3. The van der Waals surface area contributed by atoms with Crippen LogP contribution in [-0.2, 0) is 4.79 Å². The van der Waals surface area contributed by atoms with E-state index in [0.717, 1.165) is 34.1 Å². The predicted octanol–water partition coefficient (Wildman–Crippen LogP) is 3.40. The molecule has 2 heterocycles. The number of ether oxygens (including phenoxy) is 1. The van der Waals surface area contributed by atoms with Crippen LogP contribution in [0.25, 0.3) is 5.69 Å². The number of carbonyl (C=O) groups is 3. The molecular formula is C22H27N3O4. The van der Waals surface area contributed by atoms with Crippen molar-refractivity contribution >= 4 is 17.7 Å². The standard InChI is InChI=1S/C22H27N3O4/c1-5-7-19-21(27)24(22(28)23-19)13-20(26)18-12-14(3)25(15(18)4)16-8-10-17(11-9-16)29-6-2/h8-12,19H,5-7,13H2,1-4H3,(H,23,28). The van der Waals surface area contributed by atoms with Gasteiger partial charge < -0.3 is 14.6 Å². The number of nitrogens with zero attached hydrogens (tertiary/aromatic N) is 2. The minimum atomic E-state index is -0.531. The molecule has 1 fully saturated rings. The third-order valence-electron chi connectivity index (χ3n) is 5.12. The van der Waals surface area contributed by atoms with E-state index < -0.39 is 12.1 Å². The van der Waals surface area contributed by atoms with Crippen LogP contribution in [0.5, 0.6) is 5.75 Å². The average Bonchev–Trinajstić information content (AvgIpc) is 3.13. The Morgan fingerprint density at radius 3 is 2.45 bits per heavy atom.